The summed E-state index contributed by atoms with van der Waals surface area (Å²) in [6.07, 6.45) is 1.58. The number of anilines is 1. The number of hydrogen-bond acceptors (Lipinski definition) is 4. The van der Waals surface area contributed by atoms with E-state index in [1.807, 2.05) is 18.2 Å². The van der Waals surface area contributed by atoms with Gasteiger partial charge in [-0.3, -0.25) is 9.59 Å². The predicted octanol–water partition coefficient (Wildman–Crippen LogP) is 2.34. The van der Waals surface area contributed by atoms with Gasteiger partial charge in [-0.1, -0.05) is 12.1 Å². The van der Waals surface area contributed by atoms with E-state index >= 15 is 0 Å². The molecule has 1 aliphatic heterocycles. The first kappa shape index (κ1) is 17.6. The number of para-hydroxylation sites is 1. The summed E-state index contributed by atoms with van der Waals surface area (Å²) in [4.78, 5) is 25.9. The molecule has 134 valence electrons. The second kappa shape index (κ2) is 7.77. The normalized spacial score (nSPS) is 16.9. The highest BCUT2D eigenvalue weighted by molar-refractivity contribution is 6.00. The van der Waals surface area contributed by atoms with Crippen molar-refractivity contribution in [2.75, 3.05) is 18.6 Å². The number of amides is 2. The molecule has 2 aromatic rings. The molecule has 0 aliphatic carbocycles. The molecule has 1 fully saturated rings. The number of nitrogens with zero attached hydrogens (tertiary/aromatic N) is 2. The Morgan fingerprint density at radius 3 is 2.73 bits per heavy atom. The van der Waals surface area contributed by atoms with Crippen molar-refractivity contribution >= 4 is 23.7 Å². The number of nitrogens with one attached hydrogen (secondary N) is 1. The first-order valence-electron chi connectivity index (χ1n) is 8.10. The molecule has 0 spiro atoms. The summed E-state index contributed by atoms with van der Waals surface area (Å²) in [7, 11) is 1.55. The Bertz CT molecular complexity index is 836. The Morgan fingerprint density at radius 2 is 2.00 bits per heavy atom. The topological polar surface area (TPSA) is 71.0 Å². The van der Waals surface area contributed by atoms with Crippen LogP contribution in [0.4, 0.5) is 10.1 Å². The van der Waals surface area contributed by atoms with Gasteiger partial charge >= 0.3 is 0 Å². The highest BCUT2D eigenvalue weighted by Crippen LogP contribution is 2.25. The molecule has 1 atom stereocenters. The average Bonchev–Trinajstić information content (AvgIpc) is 3.04. The SMILES string of the molecule is COc1ccccc1/C=N\NC(=O)[C@H]1CC(=O)N(c2ccc(F)cc2)C1. The number of methoxy groups -OCH3 is 1. The van der Waals surface area contributed by atoms with E-state index in [4.69, 9.17) is 4.74 Å². The summed E-state index contributed by atoms with van der Waals surface area (Å²) < 4.78 is 18.2. The zero-order valence-corrected chi connectivity index (χ0v) is 14.2. The number of hydrazone groups is 1. The maximum atomic E-state index is 13.0. The average molecular weight is 355 g/mol. The van der Waals surface area contributed by atoms with Gasteiger partial charge in [0.2, 0.25) is 11.8 Å². The molecule has 7 heteroatoms. The lowest BCUT2D eigenvalue weighted by atomic mass is 10.1. The largest absolute Gasteiger partial charge is 0.496 e. The summed E-state index contributed by atoms with van der Waals surface area (Å²) >= 11 is 0. The van der Waals surface area contributed by atoms with Crippen LogP contribution < -0.4 is 15.1 Å². The van der Waals surface area contributed by atoms with Crippen LogP contribution in [0.15, 0.2) is 53.6 Å². The Hall–Kier alpha value is -3.22. The minimum atomic E-state index is -0.512. The van der Waals surface area contributed by atoms with Gasteiger partial charge < -0.3 is 9.64 Å². The number of carbonyl (C=O) groups is 2. The van der Waals surface area contributed by atoms with Crippen LogP contribution in [-0.4, -0.2) is 31.7 Å². The van der Waals surface area contributed by atoms with Crippen LogP contribution in [0.3, 0.4) is 0 Å². The second-order valence-corrected chi connectivity index (χ2v) is 5.86. The monoisotopic (exact) mass is 355 g/mol. The van der Waals surface area contributed by atoms with Gasteiger partial charge in [0.05, 0.1) is 19.2 Å². The Balaban J connectivity index is 1.61. The van der Waals surface area contributed by atoms with Crippen molar-refractivity contribution in [3.05, 3.63) is 59.9 Å². The fraction of sp³-hybridized carbons (Fsp3) is 0.211. The Kier molecular flexibility index (Phi) is 5.26. The van der Waals surface area contributed by atoms with E-state index in [0.717, 1.165) is 5.56 Å². The van der Waals surface area contributed by atoms with Crippen LogP contribution in [0.2, 0.25) is 0 Å². The van der Waals surface area contributed by atoms with Gasteiger partial charge in [-0.05, 0) is 36.4 Å². The van der Waals surface area contributed by atoms with Crippen molar-refractivity contribution < 1.29 is 18.7 Å². The third-order valence-corrected chi connectivity index (χ3v) is 4.15. The number of hydrogen-bond donors (Lipinski definition) is 1. The quantitative estimate of drug-likeness (QED) is 0.661. The molecule has 26 heavy (non-hydrogen) atoms. The lowest BCUT2D eigenvalue weighted by molar-refractivity contribution is -0.126. The fourth-order valence-electron chi connectivity index (χ4n) is 2.78. The van der Waals surface area contributed by atoms with Crippen LogP contribution in [-0.2, 0) is 9.59 Å². The summed E-state index contributed by atoms with van der Waals surface area (Å²) in [6.45, 7) is 0.237. The third-order valence-electron chi connectivity index (χ3n) is 4.15. The van der Waals surface area contributed by atoms with Crippen LogP contribution in [0, 0.1) is 11.7 Å². The lowest BCUT2D eigenvalue weighted by Crippen LogP contribution is -2.30. The third kappa shape index (κ3) is 3.88. The van der Waals surface area contributed by atoms with Crippen LogP contribution in [0.1, 0.15) is 12.0 Å². The molecular weight excluding hydrogens is 337 g/mol. The maximum absolute atomic E-state index is 13.0. The molecule has 0 bridgehead atoms. The van der Waals surface area contributed by atoms with Crippen molar-refractivity contribution in [1.29, 1.82) is 0 Å². The van der Waals surface area contributed by atoms with Gasteiger partial charge in [0.25, 0.3) is 0 Å². The zero-order valence-electron chi connectivity index (χ0n) is 14.2. The van der Waals surface area contributed by atoms with E-state index in [-0.39, 0.29) is 30.6 Å². The molecule has 1 N–H and O–H groups in total. The predicted molar refractivity (Wildman–Crippen MR) is 95.6 cm³/mol. The van der Waals surface area contributed by atoms with E-state index in [1.165, 1.54) is 35.4 Å². The minimum absolute atomic E-state index is 0.0907. The van der Waals surface area contributed by atoms with Gasteiger partial charge in [0.15, 0.2) is 0 Å². The van der Waals surface area contributed by atoms with Crippen LogP contribution in [0.5, 0.6) is 5.75 Å². The van der Waals surface area contributed by atoms with Crippen molar-refractivity contribution in [2.24, 2.45) is 11.0 Å². The van der Waals surface area contributed by atoms with Gasteiger partial charge in [0.1, 0.15) is 11.6 Å². The zero-order chi connectivity index (χ0) is 18.5. The first-order valence-corrected chi connectivity index (χ1v) is 8.10. The van der Waals surface area contributed by atoms with Crippen molar-refractivity contribution in [3.8, 4) is 5.75 Å². The molecule has 1 heterocycles. The van der Waals surface area contributed by atoms with E-state index < -0.39 is 5.92 Å². The molecule has 1 aliphatic rings. The molecule has 6 nitrogen and oxygen atoms in total. The molecule has 2 aromatic carbocycles. The molecule has 1 saturated heterocycles. The van der Waals surface area contributed by atoms with Gasteiger partial charge in [0, 0.05) is 24.2 Å². The molecule has 0 unspecified atom stereocenters. The van der Waals surface area contributed by atoms with Gasteiger partial charge in [-0.15, -0.1) is 0 Å². The smallest absolute Gasteiger partial charge is 0.245 e. The molecule has 0 aromatic heterocycles. The molecule has 3 rings (SSSR count). The summed E-state index contributed by atoms with van der Waals surface area (Å²) in [5.74, 6) is -0.758. The summed E-state index contributed by atoms with van der Waals surface area (Å²) in [5.41, 5.74) is 3.76. The van der Waals surface area contributed by atoms with Crippen molar-refractivity contribution in [3.63, 3.8) is 0 Å². The number of benzene rings is 2. The van der Waals surface area contributed by atoms with Crippen LogP contribution in [0.25, 0.3) is 0 Å². The number of ether oxygens (including phenoxy) is 1. The van der Waals surface area contributed by atoms with E-state index in [1.54, 1.807) is 13.2 Å². The number of halogens is 1. The Labute approximate surface area is 150 Å². The van der Waals surface area contributed by atoms with E-state index in [2.05, 4.69) is 10.5 Å². The van der Waals surface area contributed by atoms with E-state index in [0.29, 0.717) is 11.4 Å². The van der Waals surface area contributed by atoms with Crippen LogP contribution >= 0.6 is 0 Å². The van der Waals surface area contributed by atoms with Crippen molar-refractivity contribution in [2.45, 2.75) is 6.42 Å². The standard InChI is InChI=1S/C19H18FN3O3/c1-26-17-5-3-2-4-13(17)11-21-22-19(25)14-10-18(24)23(12-14)16-8-6-15(20)7-9-16/h2-9,11,14H,10,12H2,1H3,(H,22,25)/b21-11-/t14-/m0/s1. The van der Waals surface area contributed by atoms with Gasteiger partial charge in [-0.2, -0.15) is 5.10 Å². The number of rotatable bonds is 5. The summed E-state index contributed by atoms with van der Waals surface area (Å²) in [5, 5.41) is 3.95. The maximum Gasteiger partial charge on any atom is 0.245 e. The summed E-state index contributed by atoms with van der Waals surface area (Å²) in [6, 6.07) is 12.9. The highest BCUT2D eigenvalue weighted by atomic mass is 19.1. The first-order chi connectivity index (χ1) is 12.6. The van der Waals surface area contributed by atoms with Gasteiger partial charge in [-0.25, -0.2) is 9.82 Å². The molecule has 0 radical (unpaired) electrons. The molecule has 2 amide bonds. The second-order valence-electron chi connectivity index (χ2n) is 5.86. The highest BCUT2D eigenvalue weighted by Gasteiger charge is 2.35. The lowest BCUT2D eigenvalue weighted by Gasteiger charge is -2.16. The Morgan fingerprint density at radius 1 is 1.27 bits per heavy atom. The molecule has 0 saturated carbocycles. The fourth-order valence-corrected chi connectivity index (χ4v) is 2.78. The number of carbonyl (C=O) groups excluding carboxylic acids is 2. The minimum Gasteiger partial charge on any atom is -0.496 e. The van der Waals surface area contributed by atoms with Crippen molar-refractivity contribution in [1.82, 2.24) is 5.43 Å². The van der Waals surface area contributed by atoms with E-state index in [9.17, 15) is 14.0 Å². The molecular formula is C19H18FN3O3.